The molecule has 0 aliphatic heterocycles. The third-order valence-corrected chi connectivity index (χ3v) is 5.18. The predicted molar refractivity (Wildman–Crippen MR) is 112 cm³/mol. The van der Waals surface area contributed by atoms with Crippen LogP contribution in [0.4, 0.5) is 0 Å². The van der Waals surface area contributed by atoms with Gasteiger partial charge in [0.1, 0.15) is 17.1 Å². The third kappa shape index (κ3) is 2.81. The van der Waals surface area contributed by atoms with Gasteiger partial charge in [-0.15, -0.1) is 0 Å². The van der Waals surface area contributed by atoms with Crippen molar-refractivity contribution in [2.24, 2.45) is 0 Å². The normalized spacial score (nSPS) is 13.1. The number of benzene rings is 4. The van der Waals surface area contributed by atoms with E-state index in [4.69, 9.17) is 9.47 Å². The van der Waals surface area contributed by atoms with Crippen LogP contribution in [0.15, 0.2) is 91.0 Å². The molecule has 0 bridgehead atoms. The molecule has 28 heavy (non-hydrogen) atoms. The van der Waals surface area contributed by atoms with Crippen molar-refractivity contribution < 1.29 is 14.6 Å². The molecule has 4 rings (SSSR count). The number of hydrogen-bond donors (Lipinski definition) is 1. The second-order valence-corrected chi connectivity index (χ2v) is 6.64. The van der Waals surface area contributed by atoms with Gasteiger partial charge in [-0.2, -0.15) is 0 Å². The highest BCUT2D eigenvalue weighted by atomic mass is 16.5. The first-order valence-electron chi connectivity index (χ1n) is 9.17. The summed E-state index contributed by atoms with van der Waals surface area (Å²) >= 11 is 0. The van der Waals surface area contributed by atoms with Crippen molar-refractivity contribution in [3.05, 3.63) is 108 Å². The first-order chi connectivity index (χ1) is 13.7. The highest BCUT2D eigenvalue weighted by molar-refractivity contribution is 5.92. The summed E-state index contributed by atoms with van der Waals surface area (Å²) in [5.41, 5.74) is 0.855. The van der Waals surface area contributed by atoms with Crippen LogP contribution in [0.1, 0.15) is 16.7 Å². The van der Waals surface area contributed by atoms with E-state index in [-0.39, 0.29) is 0 Å². The van der Waals surface area contributed by atoms with Gasteiger partial charge in [0.15, 0.2) is 0 Å². The smallest absolute Gasteiger partial charge is 0.144 e. The quantitative estimate of drug-likeness (QED) is 0.494. The van der Waals surface area contributed by atoms with Crippen molar-refractivity contribution >= 4 is 10.8 Å². The van der Waals surface area contributed by atoms with Crippen molar-refractivity contribution in [2.45, 2.75) is 5.60 Å². The first-order valence-corrected chi connectivity index (χ1v) is 9.17. The molecule has 4 aromatic carbocycles. The third-order valence-electron chi connectivity index (χ3n) is 5.18. The van der Waals surface area contributed by atoms with Crippen LogP contribution >= 0.6 is 0 Å². The molecule has 0 unspecified atom stereocenters. The summed E-state index contributed by atoms with van der Waals surface area (Å²) in [6.07, 6.45) is 0. The molecule has 0 aromatic heterocycles. The minimum absolute atomic E-state index is 0.633. The number of ether oxygens (including phenoxy) is 2. The van der Waals surface area contributed by atoms with Gasteiger partial charge < -0.3 is 14.6 Å². The van der Waals surface area contributed by atoms with Crippen molar-refractivity contribution in [3.8, 4) is 11.5 Å². The molecule has 0 heterocycles. The van der Waals surface area contributed by atoms with Gasteiger partial charge in [0.25, 0.3) is 0 Å². The number of aliphatic hydroxyl groups is 1. The van der Waals surface area contributed by atoms with E-state index in [1.54, 1.807) is 14.2 Å². The second-order valence-electron chi connectivity index (χ2n) is 6.64. The van der Waals surface area contributed by atoms with Gasteiger partial charge in [0, 0.05) is 16.5 Å². The Kier molecular flexibility index (Phi) is 4.76. The fraction of sp³-hybridized carbons (Fsp3) is 0.120. The Labute approximate surface area is 164 Å². The van der Waals surface area contributed by atoms with Gasteiger partial charge >= 0.3 is 0 Å². The lowest BCUT2D eigenvalue weighted by Gasteiger charge is -2.32. The van der Waals surface area contributed by atoms with Gasteiger partial charge in [-0.1, -0.05) is 78.9 Å². The molecule has 4 aromatic rings. The topological polar surface area (TPSA) is 38.7 Å². The summed E-state index contributed by atoms with van der Waals surface area (Å²) in [5.74, 6) is 1.41. The van der Waals surface area contributed by atoms with Gasteiger partial charge in [-0.05, 0) is 23.1 Å². The minimum atomic E-state index is -1.39. The maximum absolute atomic E-state index is 12.3. The molecular formula is C25H22O3. The maximum atomic E-state index is 12.3. The zero-order chi connectivity index (χ0) is 19.6. The average Bonchev–Trinajstić information content (AvgIpc) is 2.78. The lowest BCUT2D eigenvalue weighted by Crippen LogP contribution is -2.29. The zero-order valence-electron chi connectivity index (χ0n) is 15.9. The molecule has 140 valence electrons. The Balaban J connectivity index is 2.10. The summed E-state index contributed by atoms with van der Waals surface area (Å²) in [4.78, 5) is 0. The zero-order valence-corrected chi connectivity index (χ0v) is 15.9. The van der Waals surface area contributed by atoms with Gasteiger partial charge in [-0.3, -0.25) is 0 Å². The molecule has 0 amide bonds. The molecule has 0 aliphatic rings. The van der Waals surface area contributed by atoms with E-state index >= 15 is 0 Å². The van der Waals surface area contributed by atoms with E-state index in [0.717, 1.165) is 27.6 Å². The monoisotopic (exact) mass is 370 g/mol. The van der Waals surface area contributed by atoms with E-state index < -0.39 is 5.60 Å². The molecule has 1 atom stereocenters. The molecule has 0 spiro atoms. The fourth-order valence-electron chi connectivity index (χ4n) is 3.85. The molecule has 1 N–H and O–H groups in total. The van der Waals surface area contributed by atoms with Crippen molar-refractivity contribution in [1.29, 1.82) is 0 Å². The van der Waals surface area contributed by atoms with E-state index in [1.165, 1.54) is 0 Å². The molecular weight excluding hydrogens is 348 g/mol. The van der Waals surface area contributed by atoms with Gasteiger partial charge in [-0.25, -0.2) is 0 Å². The van der Waals surface area contributed by atoms with Crippen LogP contribution in [-0.2, 0) is 5.60 Å². The summed E-state index contributed by atoms with van der Waals surface area (Å²) < 4.78 is 11.2. The first kappa shape index (κ1) is 18.1. The number of hydrogen-bond acceptors (Lipinski definition) is 3. The van der Waals surface area contributed by atoms with Crippen molar-refractivity contribution in [1.82, 2.24) is 0 Å². The van der Waals surface area contributed by atoms with Crippen LogP contribution in [0, 0.1) is 0 Å². The lowest BCUT2D eigenvalue weighted by atomic mass is 9.78. The van der Waals surface area contributed by atoms with Gasteiger partial charge in [0.2, 0.25) is 0 Å². The molecule has 0 radical (unpaired) electrons. The van der Waals surface area contributed by atoms with E-state index in [0.29, 0.717) is 11.3 Å². The van der Waals surface area contributed by atoms with E-state index in [2.05, 4.69) is 0 Å². The Morgan fingerprint density at radius 3 is 1.89 bits per heavy atom. The summed E-state index contributed by atoms with van der Waals surface area (Å²) in [6.45, 7) is 0. The fourth-order valence-corrected chi connectivity index (χ4v) is 3.85. The van der Waals surface area contributed by atoms with Gasteiger partial charge in [0.05, 0.1) is 14.2 Å². The lowest BCUT2D eigenvalue weighted by molar-refractivity contribution is 0.123. The van der Waals surface area contributed by atoms with Crippen LogP contribution < -0.4 is 9.47 Å². The molecule has 0 aliphatic carbocycles. The number of rotatable bonds is 5. The van der Waals surface area contributed by atoms with Crippen LogP contribution in [0.5, 0.6) is 11.5 Å². The van der Waals surface area contributed by atoms with E-state index in [1.807, 2.05) is 91.0 Å². The molecule has 3 nitrogen and oxygen atoms in total. The Morgan fingerprint density at radius 1 is 0.571 bits per heavy atom. The van der Waals surface area contributed by atoms with Crippen LogP contribution in [0.3, 0.4) is 0 Å². The largest absolute Gasteiger partial charge is 0.496 e. The SMILES string of the molecule is COc1ccccc1[C@](O)(c1ccccc1)c1cccc2c(OC)cccc12. The van der Waals surface area contributed by atoms with Crippen LogP contribution in [-0.4, -0.2) is 19.3 Å². The number of para-hydroxylation sites is 1. The molecule has 3 heteroatoms. The highest BCUT2D eigenvalue weighted by Gasteiger charge is 2.37. The number of methoxy groups -OCH3 is 2. The van der Waals surface area contributed by atoms with Crippen molar-refractivity contribution in [2.75, 3.05) is 14.2 Å². The predicted octanol–water partition coefficient (Wildman–Crippen LogP) is 5.14. The van der Waals surface area contributed by atoms with Crippen LogP contribution in [0.2, 0.25) is 0 Å². The summed E-state index contributed by atoms with van der Waals surface area (Å²) in [5, 5.41) is 14.2. The number of fused-ring (bicyclic) bond motifs is 1. The Bertz CT molecular complexity index is 1110. The standard InChI is InChI=1S/C25H22O3/c1-27-23-17-9-12-19-20(23)13-8-15-21(19)25(26,18-10-4-3-5-11-18)22-14-6-7-16-24(22)28-2/h3-17,26H,1-2H3/t25-/m0/s1. The summed E-state index contributed by atoms with van der Waals surface area (Å²) in [7, 11) is 3.28. The molecule has 0 fully saturated rings. The average molecular weight is 370 g/mol. The minimum Gasteiger partial charge on any atom is -0.496 e. The van der Waals surface area contributed by atoms with Crippen LogP contribution in [0.25, 0.3) is 10.8 Å². The Morgan fingerprint density at radius 2 is 1.14 bits per heavy atom. The second kappa shape index (κ2) is 7.37. The maximum Gasteiger partial charge on any atom is 0.144 e. The molecule has 0 saturated heterocycles. The highest BCUT2D eigenvalue weighted by Crippen LogP contribution is 2.44. The Hall–Kier alpha value is -3.30. The molecule has 0 saturated carbocycles. The van der Waals surface area contributed by atoms with Crippen molar-refractivity contribution in [3.63, 3.8) is 0 Å². The summed E-state index contributed by atoms with van der Waals surface area (Å²) in [6, 6.07) is 29.1. The van der Waals surface area contributed by atoms with E-state index in [9.17, 15) is 5.11 Å².